The van der Waals surface area contributed by atoms with E-state index >= 15 is 0 Å². The van der Waals surface area contributed by atoms with Gasteiger partial charge in [-0.15, -0.1) is 0 Å². The first-order chi connectivity index (χ1) is 13.5. The lowest BCUT2D eigenvalue weighted by Crippen LogP contribution is -2.22. The van der Waals surface area contributed by atoms with Crippen LogP contribution in [0, 0.1) is 13.8 Å². The number of aryl methyl sites for hydroxylation is 2. The predicted molar refractivity (Wildman–Crippen MR) is 109 cm³/mol. The van der Waals surface area contributed by atoms with E-state index in [0.29, 0.717) is 22.7 Å². The number of hydrogen-bond donors (Lipinski definition) is 2. The Morgan fingerprint density at radius 1 is 0.964 bits per heavy atom. The number of anilines is 2. The molecule has 2 N–H and O–H groups in total. The van der Waals surface area contributed by atoms with Crippen molar-refractivity contribution in [1.29, 1.82) is 0 Å². The van der Waals surface area contributed by atoms with Crippen molar-refractivity contribution >= 4 is 23.2 Å². The average Bonchev–Trinajstić information content (AvgIpc) is 2.67. The molecule has 6 nitrogen and oxygen atoms in total. The molecule has 6 heteroatoms. The Morgan fingerprint density at radius 2 is 1.71 bits per heavy atom. The first-order valence-electron chi connectivity index (χ1n) is 8.82. The second-order valence-corrected chi connectivity index (χ2v) is 6.40. The monoisotopic (exact) mass is 375 g/mol. The Bertz CT molecular complexity index is 967. The molecule has 0 radical (unpaired) electrons. The van der Waals surface area contributed by atoms with Gasteiger partial charge in [0.15, 0.2) is 6.61 Å². The normalized spacial score (nSPS) is 10.2. The van der Waals surface area contributed by atoms with Crippen molar-refractivity contribution in [3.63, 3.8) is 0 Å². The zero-order valence-electron chi connectivity index (χ0n) is 15.7. The molecule has 0 bridgehead atoms. The van der Waals surface area contributed by atoms with Crippen LogP contribution >= 0.6 is 0 Å². The fourth-order valence-electron chi connectivity index (χ4n) is 2.78. The van der Waals surface area contributed by atoms with Crippen molar-refractivity contribution in [2.75, 3.05) is 17.2 Å². The maximum Gasteiger partial charge on any atom is 0.262 e. The van der Waals surface area contributed by atoms with Gasteiger partial charge in [-0.2, -0.15) is 0 Å². The molecule has 1 heterocycles. The molecule has 0 atom stereocenters. The van der Waals surface area contributed by atoms with Gasteiger partial charge in [0.2, 0.25) is 0 Å². The molecule has 0 saturated carbocycles. The maximum absolute atomic E-state index is 12.5. The summed E-state index contributed by atoms with van der Waals surface area (Å²) >= 11 is 0. The second kappa shape index (κ2) is 8.81. The largest absolute Gasteiger partial charge is 0.484 e. The smallest absolute Gasteiger partial charge is 0.262 e. The zero-order valence-corrected chi connectivity index (χ0v) is 15.7. The minimum absolute atomic E-state index is 0.151. The standard InChI is InChI=1S/C22H21N3O3/c1-15-10-16(2)12-18(11-15)28-14-21(26)25-20-8-4-3-7-19(20)22(27)24-17-6-5-9-23-13-17/h3-13H,14H2,1-2H3,(H,24,27)(H,25,26). The molecule has 2 aromatic carbocycles. The zero-order chi connectivity index (χ0) is 19.9. The number of hydrogen-bond acceptors (Lipinski definition) is 4. The summed E-state index contributed by atoms with van der Waals surface area (Å²) in [4.78, 5) is 28.8. The van der Waals surface area contributed by atoms with Crippen LogP contribution in [0.5, 0.6) is 5.75 Å². The van der Waals surface area contributed by atoms with E-state index in [1.807, 2.05) is 32.0 Å². The Kier molecular flexibility index (Phi) is 6.01. The SMILES string of the molecule is Cc1cc(C)cc(OCC(=O)Nc2ccccc2C(=O)Nc2cccnc2)c1. The number of nitrogens with zero attached hydrogens (tertiary/aromatic N) is 1. The first kappa shape index (κ1) is 19.1. The van der Waals surface area contributed by atoms with Crippen molar-refractivity contribution in [3.05, 3.63) is 83.7 Å². The Hall–Kier alpha value is -3.67. The molecule has 0 aliphatic carbocycles. The fraction of sp³-hybridized carbons (Fsp3) is 0.136. The average molecular weight is 375 g/mol. The Balaban J connectivity index is 1.65. The molecule has 0 spiro atoms. The van der Waals surface area contributed by atoms with Gasteiger partial charge >= 0.3 is 0 Å². The highest BCUT2D eigenvalue weighted by atomic mass is 16.5. The molecule has 0 fully saturated rings. The van der Waals surface area contributed by atoms with Crippen LogP contribution in [-0.4, -0.2) is 23.4 Å². The lowest BCUT2D eigenvalue weighted by molar-refractivity contribution is -0.118. The Labute approximate surface area is 163 Å². The second-order valence-electron chi connectivity index (χ2n) is 6.40. The van der Waals surface area contributed by atoms with E-state index in [0.717, 1.165) is 11.1 Å². The van der Waals surface area contributed by atoms with Gasteiger partial charge in [0.1, 0.15) is 5.75 Å². The van der Waals surface area contributed by atoms with Crippen LogP contribution in [0.4, 0.5) is 11.4 Å². The molecule has 142 valence electrons. The molecule has 3 aromatic rings. The lowest BCUT2D eigenvalue weighted by atomic mass is 10.1. The van der Waals surface area contributed by atoms with E-state index in [9.17, 15) is 9.59 Å². The number of rotatable bonds is 6. The van der Waals surface area contributed by atoms with Gasteiger partial charge in [0.05, 0.1) is 23.1 Å². The molecule has 28 heavy (non-hydrogen) atoms. The number of ether oxygens (including phenoxy) is 1. The minimum Gasteiger partial charge on any atom is -0.484 e. The summed E-state index contributed by atoms with van der Waals surface area (Å²) in [6.45, 7) is 3.79. The van der Waals surface area contributed by atoms with Crippen LogP contribution in [0.25, 0.3) is 0 Å². The number of pyridine rings is 1. The highest BCUT2D eigenvalue weighted by molar-refractivity contribution is 6.10. The maximum atomic E-state index is 12.5. The predicted octanol–water partition coefficient (Wildman–Crippen LogP) is 3.97. The van der Waals surface area contributed by atoms with Gasteiger partial charge in [-0.25, -0.2) is 0 Å². The van der Waals surface area contributed by atoms with Gasteiger partial charge in [0, 0.05) is 6.20 Å². The number of nitrogens with one attached hydrogen (secondary N) is 2. The van der Waals surface area contributed by atoms with Crippen molar-refractivity contribution in [2.24, 2.45) is 0 Å². The number of amides is 2. The van der Waals surface area contributed by atoms with Gasteiger partial charge in [-0.1, -0.05) is 18.2 Å². The van der Waals surface area contributed by atoms with Crippen molar-refractivity contribution in [1.82, 2.24) is 4.98 Å². The van der Waals surface area contributed by atoms with Gasteiger partial charge in [0.25, 0.3) is 11.8 Å². The fourth-order valence-corrected chi connectivity index (χ4v) is 2.78. The molecular weight excluding hydrogens is 354 g/mol. The quantitative estimate of drug-likeness (QED) is 0.683. The molecule has 0 aliphatic heterocycles. The van der Waals surface area contributed by atoms with Crippen molar-refractivity contribution in [2.45, 2.75) is 13.8 Å². The van der Waals surface area contributed by atoms with E-state index < -0.39 is 0 Å². The van der Waals surface area contributed by atoms with E-state index in [2.05, 4.69) is 15.6 Å². The summed E-state index contributed by atoms with van der Waals surface area (Å²) in [6, 6.07) is 16.0. The number of carbonyl (C=O) groups is 2. The van der Waals surface area contributed by atoms with E-state index in [1.165, 1.54) is 0 Å². The van der Waals surface area contributed by atoms with Crippen LogP contribution < -0.4 is 15.4 Å². The molecule has 1 aromatic heterocycles. The lowest BCUT2D eigenvalue weighted by Gasteiger charge is -2.12. The number of para-hydroxylation sites is 1. The Morgan fingerprint density at radius 3 is 2.43 bits per heavy atom. The van der Waals surface area contributed by atoms with Crippen LogP contribution in [0.15, 0.2) is 67.0 Å². The highest BCUT2D eigenvalue weighted by Gasteiger charge is 2.14. The van der Waals surface area contributed by atoms with Crippen LogP contribution in [-0.2, 0) is 4.79 Å². The molecule has 0 unspecified atom stereocenters. The van der Waals surface area contributed by atoms with Crippen LogP contribution in [0.2, 0.25) is 0 Å². The van der Waals surface area contributed by atoms with Crippen molar-refractivity contribution < 1.29 is 14.3 Å². The molecule has 2 amide bonds. The van der Waals surface area contributed by atoms with Crippen LogP contribution in [0.1, 0.15) is 21.5 Å². The van der Waals surface area contributed by atoms with Gasteiger partial charge in [-0.3, -0.25) is 14.6 Å². The van der Waals surface area contributed by atoms with Gasteiger partial charge in [-0.05, 0) is 61.4 Å². The van der Waals surface area contributed by atoms with Gasteiger partial charge < -0.3 is 15.4 Å². The molecule has 0 saturated heterocycles. The van der Waals surface area contributed by atoms with Crippen molar-refractivity contribution in [3.8, 4) is 5.75 Å². The summed E-state index contributed by atoms with van der Waals surface area (Å²) < 4.78 is 5.58. The summed E-state index contributed by atoms with van der Waals surface area (Å²) in [6.07, 6.45) is 3.18. The van der Waals surface area contributed by atoms with Crippen LogP contribution in [0.3, 0.4) is 0 Å². The summed E-state index contributed by atoms with van der Waals surface area (Å²) in [7, 11) is 0. The summed E-state index contributed by atoms with van der Waals surface area (Å²) in [5.41, 5.74) is 3.47. The summed E-state index contributed by atoms with van der Waals surface area (Å²) in [5, 5.41) is 5.49. The van der Waals surface area contributed by atoms with E-state index in [1.54, 1.807) is 48.8 Å². The van der Waals surface area contributed by atoms with E-state index in [-0.39, 0.29) is 18.4 Å². The minimum atomic E-state index is -0.346. The number of carbonyl (C=O) groups excluding carboxylic acids is 2. The first-order valence-corrected chi connectivity index (χ1v) is 8.82. The third-order valence-electron chi connectivity index (χ3n) is 3.93. The number of aromatic nitrogens is 1. The molecular formula is C22H21N3O3. The summed E-state index contributed by atoms with van der Waals surface area (Å²) in [5.74, 6) is -0.0461. The molecule has 3 rings (SSSR count). The third-order valence-corrected chi connectivity index (χ3v) is 3.93. The highest BCUT2D eigenvalue weighted by Crippen LogP contribution is 2.18. The topological polar surface area (TPSA) is 80.3 Å². The molecule has 0 aliphatic rings. The van der Waals surface area contributed by atoms with E-state index in [4.69, 9.17) is 4.74 Å². The third kappa shape index (κ3) is 5.17. The number of benzene rings is 2.